The Labute approximate surface area is 127 Å². The summed E-state index contributed by atoms with van der Waals surface area (Å²) in [6, 6.07) is 4.66. The number of nitrogens with one attached hydrogen (secondary N) is 2. The first-order valence-corrected chi connectivity index (χ1v) is 7.82. The smallest absolute Gasteiger partial charge is 0.224 e. The zero-order valence-electron chi connectivity index (χ0n) is 11.6. The molecule has 2 unspecified atom stereocenters. The third-order valence-electron chi connectivity index (χ3n) is 3.87. The maximum absolute atomic E-state index is 13.6. The molecular formula is C15H20BrFN2O. The van der Waals surface area contributed by atoms with Crippen LogP contribution in [0.2, 0.25) is 0 Å². The number of carbonyl (C=O) groups is 1. The van der Waals surface area contributed by atoms with Crippen LogP contribution in [-0.4, -0.2) is 19.0 Å². The van der Waals surface area contributed by atoms with Crippen molar-refractivity contribution in [1.29, 1.82) is 0 Å². The Morgan fingerprint density at radius 2 is 2.40 bits per heavy atom. The molecule has 2 rings (SSSR count). The van der Waals surface area contributed by atoms with Gasteiger partial charge in [0.25, 0.3) is 0 Å². The Bertz CT molecular complexity index is 455. The molecule has 20 heavy (non-hydrogen) atoms. The van der Waals surface area contributed by atoms with Crippen molar-refractivity contribution in [3.05, 3.63) is 28.5 Å². The highest BCUT2D eigenvalue weighted by Crippen LogP contribution is 2.27. The van der Waals surface area contributed by atoms with Crippen LogP contribution in [0, 0.1) is 17.7 Å². The second-order valence-electron chi connectivity index (χ2n) is 5.43. The van der Waals surface area contributed by atoms with Gasteiger partial charge in [-0.1, -0.05) is 13.0 Å². The molecule has 1 amide bonds. The molecule has 2 N–H and O–H groups in total. The molecule has 1 heterocycles. The predicted molar refractivity (Wildman–Crippen MR) is 82.1 cm³/mol. The average Bonchev–Trinajstić information content (AvgIpc) is 2.44. The van der Waals surface area contributed by atoms with E-state index < -0.39 is 5.82 Å². The number of hydrogen-bond acceptors (Lipinski definition) is 2. The topological polar surface area (TPSA) is 41.1 Å². The van der Waals surface area contributed by atoms with Crippen LogP contribution in [0.25, 0.3) is 0 Å². The molecule has 1 aromatic carbocycles. The van der Waals surface area contributed by atoms with Gasteiger partial charge in [0, 0.05) is 10.9 Å². The van der Waals surface area contributed by atoms with E-state index in [1.54, 1.807) is 12.1 Å². The van der Waals surface area contributed by atoms with Crippen LogP contribution in [0.5, 0.6) is 0 Å². The molecule has 0 bridgehead atoms. The predicted octanol–water partition coefficient (Wildman–Crippen LogP) is 3.55. The molecule has 0 aromatic heterocycles. The number of benzene rings is 1. The van der Waals surface area contributed by atoms with Gasteiger partial charge in [-0.3, -0.25) is 4.79 Å². The monoisotopic (exact) mass is 342 g/mol. The van der Waals surface area contributed by atoms with Gasteiger partial charge in [-0.15, -0.1) is 0 Å². The first-order valence-electron chi connectivity index (χ1n) is 7.02. The number of para-hydroxylation sites is 1. The molecule has 0 saturated carbocycles. The van der Waals surface area contributed by atoms with Crippen molar-refractivity contribution in [3.63, 3.8) is 0 Å². The van der Waals surface area contributed by atoms with E-state index in [0.29, 0.717) is 22.7 Å². The molecule has 1 aliphatic heterocycles. The lowest BCUT2D eigenvalue weighted by molar-refractivity contribution is -0.117. The summed E-state index contributed by atoms with van der Waals surface area (Å²) in [7, 11) is 0. The Kier molecular flexibility index (Phi) is 5.54. The van der Waals surface area contributed by atoms with E-state index in [1.165, 1.54) is 6.07 Å². The Morgan fingerprint density at radius 1 is 1.60 bits per heavy atom. The second kappa shape index (κ2) is 7.18. The molecule has 0 spiro atoms. The zero-order chi connectivity index (χ0) is 14.5. The summed E-state index contributed by atoms with van der Waals surface area (Å²) < 4.78 is 14.2. The first-order chi connectivity index (χ1) is 9.58. The number of rotatable bonds is 4. The van der Waals surface area contributed by atoms with Crippen LogP contribution < -0.4 is 10.6 Å². The lowest BCUT2D eigenvalue weighted by Crippen LogP contribution is -2.34. The summed E-state index contributed by atoms with van der Waals surface area (Å²) >= 11 is 3.25. The van der Waals surface area contributed by atoms with Gasteiger partial charge in [0.15, 0.2) is 0 Å². The molecule has 5 heteroatoms. The van der Waals surface area contributed by atoms with E-state index in [4.69, 9.17) is 0 Å². The number of hydrogen-bond donors (Lipinski definition) is 2. The third-order valence-corrected chi connectivity index (χ3v) is 4.54. The fourth-order valence-corrected chi connectivity index (χ4v) is 3.07. The van der Waals surface area contributed by atoms with Crippen molar-refractivity contribution in [3.8, 4) is 0 Å². The minimum atomic E-state index is -0.417. The Balaban J connectivity index is 1.91. The van der Waals surface area contributed by atoms with Crippen LogP contribution in [0.3, 0.4) is 0 Å². The highest BCUT2D eigenvalue weighted by molar-refractivity contribution is 9.10. The van der Waals surface area contributed by atoms with E-state index in [0.717, 1.165) is 25.9 Å². The zero-order valence-corrected chi connectivity index (χ0v) is 13.2. The lowest BCUT2D eigenvalue weighted by Gasteiger charge is -2.28. The number of halogens is 2. The summed E-state index contributed by atoms with van der Waals surface area (Å²) in [4.78, 5) is 12.1. The summed E-state index contributed by atoms with van der Waals surface area (Å²) in [6.45, 7) is 4.13. The van der Waals surface area contributed by atoms with Crippen LogP contribution in [0.4, 0.5) is 10.1 Å². The van der Waals surface area contributed by atoms with Crippen molar-refractivity contribution in [2.45, 2.75) is 26.2 Å². The average molecular weight is 343 g/mol. The minimum absolute atomic E-state index is 0.131. The number of carbonyl (C=O) groups excluding carboxylic acids is 1. The van der Waals surface area contributed by atoms with E-state index in [9.17, 15) is 9.18 Å². The minimum Gasteiger partial charge on any atom is -0.323 e. The van der Waals surface area contributed by atoms with Crippen molar-refractivity contribution < 1.29 is 9.18 Å². The fourth-order valence-electron chi connectivity index (χ4n) is 2.63. The quantitative estimate of drug-likeness (QED) is 0.878. The normalized spacial score (nSPS) is 20.4. The molecule has 2 atom stereocenters. The van der Waals surface area contributed by atoms with Crippen molar-refractivity contribution in [2.75, 3.05) is 18.4 Å². The van der Waals surface area contributed by atoms with Gasteiger partial charge in [0.1, 0.15) is 5.82 Å². The van der Waals surface area contributed by atoms with Crippen LogP contribution in [0.15, 0.2) is 22.7 Å². The molecule has 110 valence electrons. The van der Waals surface area contributed by atoms with Crippen LogP contribution in [-0.2, 0) is 4.79 Å². The summed E-state index contributed by atoms with van der Waals surface area (Å²) in [6.07, 6.45) is 2.74. The first kappa shape index (κ1) is 15.4. The summed E-state index contributed by atoms with van der Waals surface area (Å²) in [5.41, 5.74) is 0.228. The fraction of sp³-hybridized carbons (Fsp3) is 0.533. The van der Waals surface area contributed by atoms with Gasteiger partial charge in [0.05, 0.1) is 5.69 Å². The summed E-state index contributed by atoms with van der Waals surface area (Å²) in [5.74, 6) is 0.278. The van der Waals surface area contributed by atoms with Gasteiger partial charge in [-0.2, -0.15) is 0 Å². The second-order valence-corrected chi connectivity index (χ2v) is 6.29. The van der Waals surface area contributed by atoms with Crippen molar-refractivity contribution in [1.82, 2.24) is 5.32 Å². The standard InChI is InChI=1S/C15H20BrFN2O/c1-10(11-4-3-7-18-9-11)8-14(20)19-15-12(16)5-2-6-13(15)17/h2,5-6,10-11,18H,3-4,7-9H2,1H3,(H,19,20). The molecule has 1 fully saturated rings. The molecule has 0 radical (unpaired) electrons. The third kappa shape index (κ3) is 4.03. The number of amides is 1. The molecule has 3 nitrogen and oxygen atoms in total. The van der Waals surface area contributed by atoms with Crippen LogP contribution >= 0.6 is 15.9 Å². The van der Waals surface area contributed by atoms with E-state index in [2.05, 4.69) is 33.5 Å². The number of anilines is 1. The Hall–Kier alpha value is -0.940. The SMILES string of the molecule is CC(CC(=O)Nc1c(F)cccc1Br)C1CCCNC1. The van der Waals surface area contributed by atoms with Gasteiger partial charge >= 0.3 is 0 Å². The highest BCUT2D eigenvalue weighted by atomic mass is 79.9. The van der Waals surface area contributed by atoms with Crippen LogP contribution in [0.1, 0.15) is 26.2 Å². The maximum atomic E-state index is 13.6. The lowest BCUT2D eigenvalue weighted by atomic mass is 9.85. The van der Waals surface area contributed by atoms with Crippen molar-refractivity contribution >= 4 is 27.5 Å². The Morgan fingerprint density at radius 3 is 3.05 bits per heavy atom. The van der Waals surface area contributed by atoms with Crippen molar-refractivity contribution in [2.24, 2.45) is 11.8 Å². The van der Waals surface area contributed by atoms with Gasteiger partial charge in [0.2, 0.25) is 5.91 Å². The molecule has 1 aromatic rings. The molecule has 0 aliphatic carbocycles. The van der Waals surface area contributed by atoms with Gasteiger partial charge in [-0.25, -0.2) is 4.39 Å². The number of piperidine rings is 1. The van der Waals surface area contributed by atoms with E-state index >= 15 is 0 Å². The molecular weight excluding hydrogens is 323 g/mol. The van der Waals surface area contributed by atoms with Gasteiger partial charge < -0.3 is 10.6 Å². The molecule has 1 aliphatic rings. The van der Waals surface area contributed by atoms with E-state index in [1.807, 2.05) is 0 Å². The van der Waals surface area contributed by atoms with Gasteiger partial charge in [-0.05, 0) is 65.8 Å². The molecule has 1 saturated heterocycles. The van der Waals surface area contributed by atoms with E-state index in [-0.39, 0.29) is 11.6 Å². The maximum Gasteiger partial charge on any atom is 0.224 e. The summed E-state index contributed by atoms with van der Waals surface area (Å²) in [5, 5.41) is 6.02. The highest BCUT2D eigenvalue weighted by Gasteiger charge is 2.22. The largest absolute Gasteiger partial charge is 0.323 e.